The fourth-order valence-electron chi connectivity index (χ4n) is 0.597. The van der Waals surface area contributed by atoms with E-state index in [0.717, 1.165) is 4.35 Å². The molecule has 4 heteroatoms. The monoisotopic (exact) mass is 257 g/mol. The third kappa shape index (κ3) is 2.36. The van der Waals surface area contributed by atoms with Crippen LogP contribution in [0.3, 0.4) is 0 Å². The molecule has 0 fully saturated rings. The molecule has 0 amide bonds. The molecular formula is C6H5AsCl3. The molecule has 55 valence electrons. The van der Waals surface area contributed by atoms with Crippen LogP contribution in [0.2, 0.25) is 0 Å². The molecule has 0 aliphatic heterocycles. The predicted molar refractivity (Wildman–Crippen MR) is 49.4 cm³/mol. The molecule has 0 aromatic heterocycles. The molecular weight excluding hydrogens is 253 g/mol. The number of benzene rings is 1. The normalized spacial score (nSPS) is 11.5. The van der Waals surface area contributed by atoms with E-state index < -0.39 is 10.7 Å². The van der Waals surface area contributed by atoms with Gasteiger partial charge < -0.3 is 0 Å². The Morgan fingerprint density at radius 1 is 0.900 bits per heavy atom. The van der Waals surface area contributed by atoms with E-state index >= 15 is 0 Å². The van der Waals surface area contributed by atoms with Crippen LogP contribution < -0.4 is 4.35 Å². The molecule has 0 nitrogen and oxygen atoms in total. The van der Waals surface area contributed by atoms with Crippen molar-refractivity contribution in [3.8, 4) is 0 Å². The Labute approximate surface area is 75.0 Å². The van der Waals surface area contributed by atoms with Crippen LogP contribution in [0.5, 0.6) is 0 Å². The summed E-state index contributed by atoms with van der Waals surface area (Å²) < 4.78 is 0.866. The molecule has 10 heavy (non-hydrogen) atoms. The van der Waals surface area contributed by atoms with Crippen molar-refractivity contribution in [2.24, 2.45) is 0 Å². The van der Waals surface area contributed by atoms with Gasteiger partial charge >= 0.3 is 75.3 Å². The molecule has 0 bridgehead atoms. The molecule has 0 unspecified atom stereocenters. The first-order valence-electron chi connectivity index (χ1n) is 2.64. The van der Waals surface area contributed by atoms with Crippen molar-refractivity contribution in [3.05, 3.63) is 30.3 Å². The topological polar surface area (TPSA) is 0 Å². The third-order valence-corrected chi connectivity index (χ3v) is 5.95. The van der Waals surface area contributed by atoms with Crippen molar-refractivity contribution in [1.82, 2.24) is 0 Å². The summed E-state index contributed by atoms with van der Waals surface area (Å²) in [6, 6.07) is 9.34. The summed E-state index contributed by atoms with van der Waals surface area (Å²) in [6.45, 7) is 0. The van der Waals surface area contributed by atoms with E-state index in [4.69, 9.17) is 29.8 Å². The first kappa shape index (κ1) is 8.74. The molecule has 1 rings (SSSR count). The van der Waals surface area contributed by atoms with Gasteiger partial charge in [-0.05, 0) is 0 Å². The van der Waals surface area contributed by atoms with Crippen molar-refractivity contribution >= 4 is 44.9 Å². The molecule has 0 N–H and O–H groups in total. The summed E-state index contributed by atoms with van der Waals surface area (Å²) >= 11 is 0. The summed E-state index contributed by atoms with van der Waals surface area (Å²) in [4.78, 5) is 0. The second kappa shape index (κ2) is 3.36. The van der Waals surface area contributed by atoms with Gasteiger partial charge in [-0.2, -0.15) is 0 Å². The van der Waals surface area contributed by atoms with Crippen molar-refractivity contribution in [1.29, 1.82) is 0 Å². The fraction of sp³-hybridized carbons (Fsp3) is 0. The van der Waals surface area contributed by atoms with Crippen molar-refractivity contribution < 1.29 is 0 Å². The van der Waals surface area contributed by atoms with Crippen LogP contribution in [-0.2, 0) is 0 Å². The molecule has 0 heterocycles. The van der Waals surface area contributed by atoms with Gasteiger partial charge in [-0.15, -0.1) is 0 Å². The van der Waals surface area contributed by atoms with E-state index in [2.05, 4.69) is 0 Å². The molecule has 0 atom stereocenters. The zero-order valence-corrected chi connectivity index (χ0v) is 9.11. The minimum absolute atomic E-state index is 0.866. The maximum absolute atomic E-state index is 5.76. The van der Waals surface area contributed by atoms with Gasteiger partial charge in [-0.1, -0.05) is 0 Å². The molecule has 0 saturated heterocycles. The Balaban J connectivity index is 2.97. The standard InChI is InChI=1S/C6H5AsCl3/c8-7(9,10)6-4-2-1-3-5-6/h1-5H. The average molecular weight is 258 g/mol. The number of rotatable bonds is 1. The van der Waals surface area contributed by atoms with Crippen molar-refractivity contribution in [3.63, 3.8) is 0 Å². The Bertz CT molecular complexity index is 204. The first-order chi connectivity index (χ1) is 4.61. The molecule has 0 spiro atoms. The van der Waals surface area contributed by atoms with E-state index in [9.17, 15) is 0 Å². The second-order valence-electron chi connectivity index (χ2n) is 1.78. The summed E-state index contributed by atoms with van der Waals surface area (Å²) in [5.74, 6) is 0. The minimum atomic E-state index is -2.93. The summed E-state index contributed by atoms with van der Waals surface area (Å²) in [6.07, 6.45) is 0. The Hall–Kier alpha value is 0.648. The molecule has 1 aromatic carbocycles. The van der Waals surface area contributed by atoms with Crippen molar-refractivity contribution in [2.75, 3.05) is 0 Å². The van der Waals surface area contributed by atoms with E-state index in [0.29, 0.717) is 0 Å². The van der Waals surface area contributed by atoms with E-state index in [1.807, 2.05) is 30.3 Å². The number of hydrogen-bond acceptors (Lipinski definition) is 0. The van der Waals surface area contributed by atoms with Gasteiger partial charge in [0.2, 0.25) is 0 Å². The van der Waals surface area contributed by atoms with Crippen LogP contribution in [0, 0.1) is 0 Å². The van der Waals surface area contributed by atoms with Crippen LogP contribution in [0.1, 0.15) is 0 Å². The van der Waals surface area contributed by atoms with Gasteiger partial charge in [-0.3, -0.25) is 0 Å². The van der Waals surface area contributed by atoms with Gasteiger partial charge in [-0.25, -0.2) is 0 Å². The van der Waals surface area contributed by atoms with Crippen LogP contribution >= 0.6 is 29.8 Å². The van der Waals surface area contributed by atoms with Gasteiger partial charge in [0.25, 0.3) is 0 Å². The van der Waals surface area contributed by atoms with Crippen LogP contribution in [0.4, 0.5) is 0 Å². The SMILES string of the molecule is Cl[As](Cl)(Cl)c1ccccc1. The average Bonchev–Trinajstić information content (AvgIpc) is 1.88. The van der Waals surface area contributed by atoms with E-state index in [1.54, 1.807) is 0 Å². The Morgan fingerprint density at radius 2 is 1.40 bits per heavy atom. The van der Waals surface area contributed by atoms with Gasteiger partial charge in [0.05, 0.1) is 0 Å². The maximum atomic E-state index is 5.76. The van der Waals surface area contributed by atoms with Crippen molar-refractivity contribution in [2.45, 2.75) is 0 Å². The van der Waals surface area contributed by atoms with E-state index in [1.165, 1.54) is 0 Å². The summed E-state index contributed by atoms with van der Waals surface area (Å²) in [5.41, 5.74) is 0. The summed E-state index contributed by atoms with van der Waals surface area (Å²) in [5, 5.41) is 0. The molecule has 0 aliphatic carbocycles. The van der Waals surface area contributed by atoms with Crippen LogP contribution in [-0.4, -0.2) is 10.7 Å². The third-order valence-electron chi connectivity index (χ3n) is 1.05. The molecule has 1 radical (unpaired) electrons. The predicted octanol–water partition coefficient (Wildman–Crippen LogP) is 2.55. The molecule has 0 aliphatic rings. The Morgan fingerprint density at radius 3 is 1.70 bits per heavy atom. The first-order valence-corrected chi connectivity index (χ1v) is 11.0. The number of halogens is 3. The zero-order chi connectivity index (χ0) is 7.61. The molecule has 1 aromatic rings. The quantitative estimate of drug-likeness (QED) is 0.679. The second-order valence-corrected chi connectivity index (χ2v) is 15.3. The van der Waals surface area contributed by atoms with Gasteiger partial charge in [0.15, 0.2) is 0 Å². The van der Waals surface area contributed by atoms with Crippen LogP contribution in [0.15, 0.2) is 30.3 Å². The summed E-state index contributed by atoms with van der Waals surface area (Å²) in [7, 11) is 14.4. The zero-order valence-electron chi connectivity index (χ0n) is 4.97. The fourth-order valence-corrected chi connectivity index (χ4v) is 3.42. The Kier molecular flexibility index (Phi) is 2.94. The van der Waals surface area contributed by atoms with Gasteiger partial charge in [0.1, 0.15) is 0 Å². The molecule has 0 saturated carbocycles. The van der Waals surface area contributed by atoms with Crippen LogP contribution in [0.25, 0.3) is 0 Å². The van der Waals surface area contributed by atoms with E-state index in [-0.39, 0.29) is 0 Å². The van der Waals surface area contributed by atoms with Gasteiger partial charge in [0, 0.05) is 0 Å². The number of hydrogen-bond donors (Lipinski definition) is 0.